The third kappa shape index (κ3) is 3.53. The molecule has 2 heterocycles. The van der Waals surface area contributed by atoms with E-state index in [2.05, 4.69) is 4.99 Å². The van der Waals surface area contributed by atoms with Crippen LogP contribution in [0.4, 0.5) is 8.78 Å². The molecule has 3 fully saturated rings. The molecule has 0 unspecified atom stereocenters. The predicted molar refractivity (Wildman–Crippen MR) is 120 cm³/mol. The number of hydrogen-bond donors (Lipinski definition) is 0. The van der Waals surface area contributed by atoms with E-state index in [9.17, 15) is 14.0 Å². The highest BCUT2D eigenvalue weighted by atomic mass is 35.5. The highest BCUT2D eigenvalue weighted by Crippen LogP contribution is 2.46. The number of rotatable bonds is 5. The van der Waals surface area contributed by atoms with Crippen LogP contribution in [0.5, 0.6) is 0 Å². The Kier molecular flexibility index (Phi) is 4.63. The Hall–Kier alpha value is -2.80. The van der Waals surface area contributed by atoms with Gasteiger partial charge in [-0.25, -0.2) is 8.78 Å². The zero-order chi connectivity index (χ0) is 22.9. The molecule has 2 aliphatic heterocycles. The molecule has 2 aromatic rings. The van der Waals surface area contributed by atoms with Crippen LogP contribution in [0.2, 0.25) is 5.02 Å². The molecule has 1 spiro atoms. The van der Waals surface area contributed by atoms with Gasteiger partial charge in [0.05, 0.1) is 5.56 Å². The Morgan fingerprint density at radius 2 is 1.76 bits per heavy atom. The molecule has 0 bridgehead atoms. The third-order valence-corrected chi connectivity index (χ3v) is 7.27. The SMILES string of the molecule is O=C(C1CC1)N1CC(CN2C(=O)C3(CC3)N=C2c2ccc(-c3ccc(Cl)cc3F)cc2F)C1. The van der Waals surface area contributed by atoms with Crippen molar-refractivity contribution < 1.29 is 18.4 Å². The fourth-order valence-corrected chi connectivity index (χ4v) is 4.94. The maximum atomic E-state index is 15.2. The lowest BCUT2D eigenvalue weighted by molar-refractivity contribution is -0.139. The molecule has 1 saturated heterocycles. The third-order valence-electron chi connectivity index (χ3n) is 7.03. The van der Waals surface area contributed by atoms with E-state index in [1.807, 2.05) is 4.90 Å². The van der Waals surface area contributed by atoms with Crippen LogP contribution in [0.1, 0.15) is 31.2 Å². The Bertz CT molecular complexity index is 1220. The summed E-state index contributed by atoms with van der Waals surface area (Å²) in [6, 6.07) is 8.72. The number of carbonyl (C=O) groups excluding carboxylic acids is 2. The number of hydrogen-bond acceptors (Lipinski definition) is 3. The van der Waals surface area contributed by atoms with Crippen LogP contribution in [-0.2, 0) is 9.59 Å². The van der Waals surface area contributed by atoms with Crippen molar-refractivity contribution in [2.24, 2.45) is 16.8 Å². The molecule has 6 rings (SSSR count). The van der Waals surface area contributed by atoms with Crippen LogP contribution in [0.3, 0.4) is 0 Å². The van der Waals surface area contributed by atoms with Crippen LogP contribution in [0.15, 0.2) is 41.4 Å². The first-order valence-electron chi connectivity index (χ1n) is 11.3. The summed E-state index contributed by atoms with van der Waals surface area (Å²) >= 11 is 5.82. The van der Waals surface area contributed by atoms with Gasteiger partial charge in [-0.05, 0) is 61.6 Å². The van der Waals surface area contributed by atoms with E-state index in [-0.39, 0.29) is 39.8 Å². The average molecular weight is 470 g/mol. The van der Waals surface area contributed by atoms with E-state index < -0.39 is 17.2 Å². The molecule has 0 atom stereocenters. The number of benzene rings is 2. The van der Waals surface area contributed by atoms with Crippen molar-refractivity contribution in [1.29, 1.82) is 0 Å². The smallest absolute Gasteiger partial charge is 0.256 e. The summed E-state index contributed by atoms with van der Waals surface area (Å²) in [6.45, 7) is 1.66. The molecule has 4 aliphatic rings. The van der Waals surface area contributed by atoms with Crippen LogP contribution in [-0.4, -0.2) is 52.6 Å². The molecule has 0 N–H and O–H groups in total. The van der Waals surface area contributed by atoms with E-state index in [4.69, 9.17) is 11.6 Å². The normalized spacial score (nSPS) is 21.4. The lowest BCUT2D eigenvalue weighted by atomic mass is 9.97. The van der Waals surface area contributed by atoms with Gasteiger partial charge in [0.1, 0.15) is 23.0 Å². The molecule has 0 radical (unpaired) electrons. The highest BCUT2D eigenvalue weighted by molar-refractivity contribution is 6.30. The summed E-state index contributed by atoms with van der Waals surface area (Å²) < 4.78 is 29.6. The van der Waals surface area contributed by atoms with E-state index in [0.717, 1.165) is 12.8 Å². The first kappa shape index (κ1) is 20.8. The van der Waals surface area contributed by atoms with E-state index in [1.54, 1.807) is 23.1 Å². The lowest BCUT2D eigenvalue weighted by Crippen LogP contribution is -2.55. The van der Waals surface area contributed by atoms with Crippen molar-refractivity contribution in [2.45, 2.75) is 31.2 Å². The second-order valence-electron chi connectivity index (χ2n) is 9.59. The monoisotopic (exact) mass is 469 g/mol. The Labute approximate surface area is 195 Å². The van der Waals surface area contributed by atoms with E-state index in [0.29, 0.717) is 43.9 Å². The maximum Gasteiger partial charge on any atom is 0.256 e. The minimum absolute atomic E-state index is 0.0864. The summed E-state index contributed by atoms with van der Waals surface area (Å²) in [7, 11) is 0. The molecule has 2 aromatic carbocycles. The quantitative estimate of drug-likeness (QED) is 0.656. The molecule has 0 aromatic heterocycles. The number of nitrogens with zero attached hydrogens (tertiary/aromatic N) is 3. The van der Waals surface area contributed by atoms with Crippen molar-refractivity contribution in [3.8, 4) is 11.1 Å². The molecule has 5 nitrogen and oxygen atoms in total. The molecule has 2 aliphatic carbocycles. The van der Waals surface area contributed by atoms with Crippen molar-refractivity contribution in [3.05, 3.63) is 58.6 Å². The molecule has 2 saturated carbocycles. The van der Waals surface area contributed by atoms with Gasteiger partial charge in [0.25, 0.3) is 5.91 Å². The number of likely N-dealkylation sites (tertiary alicyclic amines) is 1. The second-order valence-corrected chi connectivity index (χ2v) is 10.0. The lowest BCUT2D eigenvalue weighted by Gasteiger charge is -2.41. The summed E-state index contributed by atoms with van der Waals surface area (Å²) in [5.74, 6) is -0.290. The van der Waals surface area contributed by atoms with Gasteiger partial charge in [0.15, 0.2) is 0 Å². The largest absolute Gasteiger partial charge is 0.342 e. The van der Waals surface area contributed by atoms with Crippen molar-refractivity contribution in [3.63, 3.8) is 0 Å². The Morgan fingerprint density at radius 1 is 1.06 bits per heavy atom. The van der Waals surface area contributed by atoms with Gasteiger partial charge in [-0.2, -0.15) is 0 Å². The number of carbonyl (C=O) groups is 2. The molecule has 8 heteroatoms. The highest BCUT2D eigenvalue weighted by Gasteiger charge is 2.58. The summed E-state index contributed by atoms with van der Waals surface area (Å²) in [4.78, 5) is 33.4. The van der Waals surface area contributed by atoms with Crippen LogP contribution in [0, 0.1) is 23.5 Å². The predicted octanol–water partition coefficient (Wildman–Crippen LogP) is 4.28. The van der Waals surface area contributed by atoms with Crippen LogP contribution >= 0.6 is 11.6 Å². The molecule has 170 valence electrons. The summed E-state index contributed by atoms with van der Waals surface area (Å²) in [6.07, 6.45) is 3.27. The number of halogens is 3. The van der Waals surface area contributed by atoms with E-state index in [1.165, 1.54) is 18.2 Å². The van der Waals surface area contributed by atoms with Gasteiger partial charge in [0.2, 0.25) is 5.91 Å². The minimum atomic E-state index is -0.754. The van der Waals surface area contributed by atoms with Gasteiger partial charge in [-0.15, -0.1) is 0 Å². The minimum Gasteiger partial charge on any atom is -0.342 e. The second kappa shape index (κ2) is 7.35. The van der Waals surface area contributed by atoms with Crippen LogP contribution in [0.25, 0.3) is 11.1 Å². The first-order chi connectivity index (χ1) is 15.8. The fourth-order valence-electron chi connectivity index (χ4n) is 4.78. The Balaban J connectivity index is 1.24. The summed E-state index contributed by atoms with van der Waals surface area (Å²) in [5, 5.41) is 0.269. The average Bonchev–Trinajstić information content (AvgIpc) is 3.65. The van der Waals surface area contributed by atoms with Gasteiger partial charge < -0.3 is 4.90 Å². The van der Waals surface area contributed by atoms with E-state index >= 15 is 4.39 Å². The molecular formula is C25H22ClF2N3O2. The topological polar surface area (TPSA) is 53.0 Å². The number of aliphatic imine (C=N–C) groups is 1. The number of amidine groups is 1. The first-order valence-corrected chi connectivity index (χ1v) is 11.7. The van der Waals surface area contributed by atoms with Gasteiger partial charge in [0, 0.05) is 42.1 Å². The van der Waals surface area contributed by atoms with Crippen molar-refractivity contribution in [1.82, 2.24) is 9.80 Å². The molecule has 2 amide bonds. The zero-order valence-electron chi connectivity index (χ0n) is 17.9. The zero-order valence-corrected chi connectivity index (χ0v) is 18.6. The summed E-state index contributed by atoms with van der Waals surface area (Å²) in [5.41, 5.74) is 0.113. The fraction of sp³-hybridized carbons (Fsp3) is 0.400. The van der Waals surface area contributed by atoms with Gasteiger partial charge in [-0.3, -0.25) is 19.5 Å². The maximum absolute atomic E-state index is 15.2. The molecular weight excluding hydrogens is 448 g/mol. The Morgan fingerprint density at radius 3 is 2.39 bits per heavy atom. The van der Waals surface area contributed by atoms with Crippen molar-refractivity contribution in [2.75, 3.05) is 19.6 Å². The standard InChI is InChI=1S/C25H22ClF2N3O2/c26-17-4-6-18(21(28)10-17)16-3-5-19(20(27)9-16)22-29-25(7-8-25)24(33)31(22)13-14-11-30(12-14)23(32)15-1-2-15/h3-6,9-10,14-15H,1-2,7-8,11-13H2. The van der Waals surface area contributed by atoms with Gasteiger partial charge in [-0.1, -0.05) is 17.7 Å². The molecule has 33 heavy (non-hydrogen) atoms. The van der Waals surface area contributed by atoms with Crippen molar-refractivity contribution >= 4 is 29.3 Å². The van der Waals surface area contributed by atoms with Crippen LogP contribution < -0.4 is 0 Å². The van der Waals surface area contributed by atoms with Gasteiger partial charge >= 0.3 is 0 Å². The number of amides is 2.